The summed E-state index contributed by atoms with van der Waals surface area (Å²) in [4.78, 5) is 10.2. The number of fused-ring (bicyclic) bond motifs is 10. The van der Waals surface area contributed by atoms with Gasteiger partial charge in [-0.05, 0) is 109 Å². The van der Waals surface area contributed by atoms with Gasteiger partial charge in [-0.3, -0.25) is 4.98 Å². The summed E-state index contributed by atoms with van der Waals surface area (Å²) < 4.78 is 2.41. The number of rotatable bonds is 6. The molecule has 12 aromatic rings. The van der Waals surface area contributed by atoms with E-state index in [0.717, 1.165) is 51.6 Å². The van der Waals surface area contributed by atoms with Gasteiger partial charge in [0.25, 0.3) is 0 Å². The van der Waals surface area contributed by atoms with Crippen molar-refractivity contribution in [2.75, 3.05) is 0 Å². The number of hydrogen-bond donors (Lipinski definition) is 0. The fourth-order valence-electron chi connectivity index (χ4n) is 10.3. The van der Waals surface area contributed by atoms with Gasteiger partial charge in [0.2, 0.25) is 0 Å². The van der Waals surface area contributed by atoms with Crippen molar-refractivity contribution in [2.24, 2.45) is 0 Å². The molecule has 0 unspecified atom stereocenters. The SMILES string of the molecule is C1=C(c2ccc(-n3c4ccccc4c4cc(-c5ccc(-c6cccc7ccccc67)cc5)ccc43)cc2)C=C(c2ccc(-c3cnc4c5ccccc5c5ccccc5c4n3)cc2)CC1. The average molecular weight is 828 g/mol. The lowest BCUT2D eigenvalue weighted by Crippen LogP contribution is -1.96. The van der Waals surface area contributed by atoms with Crippen molar-refractivity contribution in [1.82, 2.24) is 14.5 Å². The van der Waals surface area contributed by atoms with E-state index >= 15 is 0 Å². The largest absolute Gasteiger partial charge is 0.309 e. The molecule has 0 spiro atoms. The van der Waals surface area contributed by atoms with E-state index < -0.39 is 0 Å². The molecule has 65 heavy (non-hydrogen) atoms. The fourth-order valence-corrected chi connectivity index (χ4v) is 10.3. The molecule has 0 amide bonds. The molecular formula is C62H41N3. The van der Waals surface area contributed by atoms with Crippen LogP contribution in [0.4, 0.5) is 0 Å². The lowest BCUT2D eigenvalue weighted by Gasteiger charge is -2.16. The highest BCUT2D eigenvalue weighted by atomic mass is 15.0. The second-order valence-electron chi connectivity index (χ2n) is 17.2. The van der Waals surface area contributed by atoms with Gasteiger partial charge in [-0.25, -0.2) is 4.98 Å². The molecule has 2 aromatic heterocycles. The standard InChI is InChI=1S/C62H41N3/c1-2-15-50-43(11-1)12-10-21-51(50)44-27-23-41(24-28-44)48-33-36-60-57(38-48)54-18-7-8-22-59(54)65(60)49-34-31-42(32-35-49)47-14-9-13-46(37-47)40-25-29-45(30-26-40)58-39-63-61-55-19-5-3-16-52(55)53-17-4-6-20-56(53)62(61)64-58/h1-8,10-12,14-39H,9,13H2. The van der Waals surface area contributed by atoms with Gasteiger partial charge in [-0.1, -0.05) is 188 Å². The Balaban J connectivity index is 0.780. The monoisotopic (exact) mass is 827 g/mol. The van der Waals surface area contributed by atoms with E-state index in [-0.39, 0.29) is 0 Å². The maximum Gasteiger partial charge on any atom is 0.0979 e. The Labute approximate surface area is 376 Å². The molecular weight excluding hydrogens is 787 g/mol. The van der Waals surface area contributed by atoms with Crippen LogP contribution in [0, 0.1) is 0 Å². The molecule has 0 radical (unpaired) electrons. The quantitative estimate of drug-likeness (QED) is 0.156. The Bertz CT molecular complexity index is 3870. The van der Waals surface area contributed by atoms with Crippen molar-refractivity contribution < 1.29 is 0 Å². The summed E-state index contributed by atoms with van der Waals surface area (Å²) in [7, 11) is 0. The number of hydrogen-bond acceptors (Lipinski definition) is 2. The summed E-state index contributed by atoms with van der Waals surface area (Å²) >= 11 is 0. The minimum atomic E-state index is 0.884. The predicted octanol–water partition coefficient (Wildman–Crippen LogP) is 16.4. The summed E-state index contributed by atoms with van der Waals surface area (Å²) in [5.41, 5.74) is 17.4. The molecule has 1 aliphatic rings. The number of nitrogens with zero attached hydrogens (tertiary/aromatic N) is 3. The number of aromatic nitrogens is 3. The van der Waals surface area contributed by atoms with Gasteiger partial charge in [0.1, 0.15) is 0 Å². The van der Waals surface area contributed by atoms with E-state index in [4.69, 9.17) is 9.97 Å². The molecule has 0 saturated heterocycles. The van der Waals surface area contributed by atoms with E-state index in [1.165, 1.54) is 87.9 Å². The lowest BCUT2D eigenvalue weighted by atomic mass is 9.90. The van der Waals surface area contributed by atoms with Gasteiger partial charge in [0, 0.05) is 32.8 Å². The zero-order chi connectivity index (χ0) is 42.8. The maximum atomic E-state index is 5.22. The van der Waals surface area contributed by atoms with Crippen molar-refractivity contribution >= 4 is 76.3 Å². The normalized spacial score (nSPS) is 13.0. The molecule has 0 N–H and O–H groups in total. The summed E-state index contributed by atoms with van der Waals surface area (Å²) in [6.45, 7) is 0. The first-order valence-corrected chi connectivity index (χ1v) is 22.5. The van der Waals surface area contributed by atoms with E-state index in [1.54, 1.807) is 0 Å². The summed E-state index contributed by atoms with van der Waals surface area (Å²) in [6.07, 6.45) is 8.68. The summed E-state index contributed by atoms with van der Waals surface area (Å²) in [5.74, 6) is 0. The van der Waals surface area contributed by atoms with Crippen LogP contribution in [0.3, 0.4) is 0 Å². The zero-order valence-corrected chi connectivity index (χ0v) is 35.6. The van der Waals surface area contributed by atoms with E-state index in [0.29, 0.717) is 0 Å². The van der Waals surface area contributed by atoms with E-state index in [1.807, 2.05) is 6.20 Å². The first-order chi connectivity index (χ1) is 32.2. The van der Waals surface area contributed by atoms with Crippen LogP contribution >= 0.6 is 0 Å². The highest BCUT2D eigenvalue weighted by Gasteiger charge is 2.17. The Morgan fingerprint density at radius 2 is 0.985 bits per heavy atom. The molecule has 0 fully saturated rings. The summed E-state index contributed by atoms with van der Waals surface area (Å²) in [5, 5.41) is 9.73. The van der Waals surface area contributed by atoms with Gasteiger partial charge in [0.05, 0.1) is 34.0 Å². The molecule has 0 bridgehead atoms. The minimum Gasteiger partial charge on any atom is -0.309 e. The van der Waals surface area contributed by atoms with Crippen LogP contribution in [0.1, 0.15) is 24.0 Å². The highest BCUT2D eigenvalue weighted by molar-refractivity contribution is 6.23. The molecule has 10 aromatic carbocycles. The third kappa shape index (κ3) is 6.27. The van der Waals surface area contributed by atoms with Gasteiger partial charge in [0.15, 0.2) is 0 Å². The van der Waals surface area contributed by atoms with E-state index in [2.05, 4.69) is 223 Å². The molecule has 304 valence electrons. The van der Waals surface area contributed by atoms with E-state index in [9.17, 15) is 0 Å². The van der Waals surface area contributed by atoms with Crippen LogP contribution in [0.2, 0.25) is 0 Å². The van der Waals surface area contributed by atoms with Crippen molar-refractivity contribution in [3.63, 3.8) is 0 Å². The zero-order valence-electron chi connectivity index (χ0n) is 35.6. The fraction of sp³-hybridized carbons (Fsp3) is 0.0323. The first-order valence-electron chi connectivity index (χ1n) is 22.5. The van der Waals surface area contributed by atoms with Crippen LogP contribution in [0.5, 0.6) is 0 Å². The molecule has 3 nitrogen and oxygen atoms in total. The second-order valence-corrected chi connectivity index (χ2v) is 17.2. The molecule has 0 saturated carbocycles. The highest BCUT2D eigenvalue weighted by Crippen LogP contribution is 2.39. The Kier molecular flexibility index (Phi) is 8.67. The lowest BCUT2D eigenvalue weighted by molar-refractivity contribution is 1.06. The minimum absolute atomic E-state index is 0.884. The maximum absolute atomic E-state index is 5.22. The van der Waals surface area contributed by atoms with Crippen molar-refractivity contribution in [1.29, 1.82) is 0 Å². The van der Waals surface area contributed by atoms with Gasteiger partial charge >= 0.3 is 0 Å². The Morgan fingerprint density at radius 3 is 1.77 bits per heavy atom. The number of para-hydroxylation sites is 1. The molecule has 0 aliphatic heterocycles. The topological polar surface area (TPSA) is 30.7 Å². The Morgan fingerprint density at radius 1 is 0.400 bits per heavy atom. The predicted molar refractivity (Wildman–Crippen MR) is 274 cm³/mol. The smallest absolute Gasteiger partial charge is 0.0979 e. The number of benzene rings is 10. The van der Waals surface area contributed by atoms with Gasteiger partial charge < -0.3 is 4.57 Å². The van der Waals surface area contributed by atoms with Crippen LogP contribution in [0.15, 0.2) is 225 Å². The molecule has 3 heteroatoms. The number of allylic oxidation sites excluding steroid dienone is 4. The molecule has 13 rings (SSSR count). The van der Waals surface area contributed by atoms with Crippen molar-refractivity contribution in [3.05, 3.63) is 236 Å². The van der Waals surface area contributed by atoms with Crippen LogP contribution in [-0.4, -0.2) is 14.5 Å². The van der Waals surface area contributed by atoms with Crippen LogP contribution in [0.25, 0.3) is 116 Å². The van der Waals surface area contributed by atoms with Crippen molar-refractivity contribution in [2.45, 2.75) is 12.8 Å². The average Bonchev–Trinajstić information content (AvgIpc) is 3.72. The molecule has 2 heterocycles. The molecule has 1 aliphatic carbocycles. The third-order valence-electron chi connectivity index (χ3n) is 13.5. The first kappa shape index (κ1) is 37.2. The van der Waals surface area contributed by atoms with Crippen molar-refractivity contribution in [3.8, 4) is 39.2 Å². The van der Waals surface area contributed by atoms with Gasteiger partial charge in [-0.15, -0.1) is 0 Å². The summed E-state index contributed by atoms with van der Waals surface area (Å²) in [6, 6.07) is 74.9. The third-order valence-corrected chi connectivity index (χ3v) is 13.5. The van der Waals surface area contributed by atoms with Crippen LogP contribution in [-0.2, 0) is 0 Å². The second kappa shape index (κ2) is 15.1. The van der Waals surface area contributed by atoms with Gasteiger partial charge in [-0.2, -0.15) is 0 Å². The molecule has 0 atom stereocenters. The Hall–Kier alpha value is -8.40. The van der Waals surface area contributed by atoms with Crippen LogP contribution < -0.4 is 0 Å².